The van der Waals surface area contributed by atoms with E-state index in [4.69, 9.17) is 0 Å². The van der Waals surface area contributed by atoms with E-state index in [0.29, 0.717) is 18.0 Å². The van der Waals surface area contributed by atoms with Crippen molar-refractivity contribution in [2.45, 2.75) is 38.8 Å². The summed E-state index contributed by atoms with van der Waals surface area (Å²) in [5, 5.41) is 4.45. The molecule has 0 aliphatic carbocycles. The van der Waals surface area contributed by atoms with Crippen LogP contribution in [0.2, 0.25) is 0 Å². The standard InChI is InChI=1S/C8H13N2.Li/c1-5-3-7-4-6(2)10-8(7)9-5;/h5-7H,3-4H2,1-2H3;/q-1;+1. The summed E-state index contributed by atoms with van der Waals surface area (Å²) in [5.74, 6) is 1.87. The van der Waals surface area contributed by atoms with Gasteiger partial charge in [-0.25, -0.2) is 0 Å². The van der Waals surface area contributed by atoms with Gasteiger partial charge in [0.05, 0.1) is 0 Å². The molecule has 2 aliphatic heterocycles. The van der Waals surface area contributed by atoms with Crippen LogP contribution < -0.4 is 18.9 Å². The van der Waals surface area contributed by atoms with Crippen LogP contribution in [0.15, 0.2) is 4.99 Å². The summed E-state index contributed by atoms with van der Waals surface area (Å²) in [6, 6.07) is 1.08. The molecule has 1 saturated heterocycles. The average molecular weight is 144 g/mol. The Morgan fingerprint density at radius 1 is 1.36 bits per heavy atom. The molecule has 0 spiro atoms. The Morgan fingerprint density at radius 3 is 2.73 bits per heavy atom. The first kappa shape index (κ1) is 9.16. The molecule has 0 aromatic rings. The second kappa shape index (κ2) is 3.21. The van der Waals surface area contributed by atoms with Crippen LogP contribution in [0.1, 0.15) is 26.7 Å². The number of aliphatic imine (C=N–C) groups is 1. The minimum absolute atomic E-state index is 0. The fraction of sp³-hybridized carbons (Fsp3) is 0.875. The van der Waals surface area contributed by atoms with Crippen LogP contribution in [0.4, 0.5) is 0 Å². The van der Waals surface area contributed by atoms with Crippen molar-refractivity contribution >= 4 is 5.84 Å². The Kier molecular flexibility index (Phi) is 2.67. The SMILES string of the molecule is CC1CC2CC(C)[N-]C2=N1.[Li+]. The van der Waals surface area contributed by atoms with Gasteiger partial charge in [-0.05, 0) is 30.8 Å². The Labute approximate surface area is 80.0 Å². The molecule has 3 unspecified atom stereocenters. The summed E-state index contributed by atoms with van der Waals surface area (Å²) >= 11 is 0. The smallest absolute Gasteiger partial charge is 0.466 e. The molecule has 2 rings (SSSR count). The molecule has 3 heteroatoms. The molecule has 3 atom stereocenters. The Bertz CT molecular complexity index is 179. The molecule has 0 bridgehead atoms. The van der Waals surface area contributed by atoms with Gasteiger partial charge in [0.25, 0.3) is 0 Å². The quantitative estimate of drug-likeness (QED) is 0.388. The van der Waals surface area contributed by atoms with Crippen molar-refractivity contribution in [3.8, 4) is 0 Å². The summed E-state index contributed by atoms with van der Waals surface area (Å²) in [6.07, 6.45) is 2.48. The van der Waals surface area contributed by atoms with Crippen LogP contribution in [-0.2, 0) is 0 Å². The molecular weight excluding hydrogens is 131 g/mol. The normalized spacial score (nSPS) is 40.5. The van der Waals surface area contributed by atoms with Crippen LogP contribution in [-0.4, -0.2) is 17.9 Å². The van der Waals surface area contributed by atoms with Crippen LogP contribution in [0.25, 0.3) is 5.32 Å². The Morgan fingerprint density at radius 2 is 2.09 bits per heavy atom. The van der Waals surface area contributed by atoms with Crippen molar-refractivity contribution in [2.24, 2.45) is 10.9 Å². The third-order valence-corrected chi connectivity index (χ3v) is 2.32. The van der Waals surface area contributed by atoms with Crippen molar-refractivity contribution in [1.82, 2.24) is 0 Å². The number of rotatable bonds is 0. The van der Waals surface area contributed by atoms with Gasteiger partial charge in [-0.1, -0.05) is 19.7 Å². The summed E-state index contributed by atoms with van der Waals surface area (Å²) in [5.41, 5.74) is 0. The molecule has 0 radical (unpaired) electrons. The molecule has 56 valence electrons. The molecule has 0 aromatic carbocycles. The Hall–Kier alpha value is 0.0674. The van der Waals surface area contributed by atoms with Crippen LogP contribution in [0.3, 0.4) is 0 Å². The number of amidine groups is 1. The predicted molar refractivity (Wildman–Crippen MR) is 42.4 cm³/mol. The van der Waals surface area contributed by atoms with E-state index in [9.17, 15) is 0 Å². The van der Waals surface area contributed by atoms with Gasteiger partial charge < -0.3 is 10.3 Å². The van der Waals surface area contributed by atoms with Crippen molar-refractivity contribution in [1.29, 1.82) is 0 Å². The summed E-state index contributed by atoms with van der Waals surface area (Å²) in [6.45, 7) is 4.34. The average Bonchev–Trinajstić information content (AvgIpc) is 2.21. The third kappa shape index (κ3) is 1.63. The molecule has 2 aliphatic rings. The molecule has 2 nitrogen and oxygen atoms in total. The van der Waals surface area contributed by atoms with E-state index in [0.717, 1.165) is 5.84 Å². The van der Waals surface area contributed by atoms with Crippen molar-refractivity contribution < 1.29 is 18.9 Å². The van der Waals surface area contributed by atoms with Gasteiger partial charge in [-0.2, -0.15) is 0 Å². The minimum Gasteiger partial charge on any atom is -0.466 e. The topological polar surface area (TPSA) is 26.5 Å². The maximum absolute atomic E-state index is 4.45. The molecule has 11 heavy (non-hydrogen) atoms. The number of nitrogens with zero attached hydrogens (tertiary/aromatic N) is 2. The monoisotopic (exact) mass is 144 g/mol. The number of hydrogen-bond donors (Lipinski definition) is 0. The maximum atomic E-state index is 4.45. The third-order valence-electron chi connectivity index (χ3n) is 2.32. The van der Waals surface area contributed by atoms with Gasteiger partial charge >= 0.3 is 18.9 Å². The fourth-order valence-corrected chi connectivity index (χ4v) is 1.93. The summed E-state index contributed by atoms with van der Waals surface area (Å²) in [7, 11) is 0. The largest absolute Gasteiger partial charge is 1.00 e. The molecule has 0 saturated carbocycles. The van der Waals surface area contributed by atoms with Gasteiger partial charge in [0.1, 0.15) is 0 Å². The first-order chi connectivity index (χ1) is 4.75. The fourth-order valence-electron chi connectivity index (χ4n) is 1.93. The second-order valence-corrected chi connectivity index (χ2v) is 3.48. The van der Waals surface area contributed by atoms with E-state index in [2.05, 4.69) is 24.2 Å². The zero-order valence-electron chi connectivity index (χ0n) is 7.54. The summed E-state index contributed by atoms with van der Waals surface area (Å²) < 4.78 is 0. The van der Waals surface area contributed by atoms with Gasteiger partial charge in [0.2, 0.25) is 0 Å². The van der Waals surface area contributed by atoms with Crippen LogP contribution in [0, 0.1) is 5.92 Å². The van der Waals surface area contributed by atoms with E-state index >= 15 is 0 Å². The van der Waals surface area contributed by atoms with E-state index in [1.165, 1.54) is 12.8 Å². The molecule has 0 aromatic heterocycles. The molecule has 0 amide bonds. The maximum Gasteiger partial charge on any atom is 1.00 e. The first-order valence-electron chi connectivity index (χ1n) is 4.04. The van der Waals surface area contributed by atoms with E-state index < -0.39 is 0 Å². The van der Waals surface area contributed by atoms with Gasteiger partial charge in [-0.3, -0.25) is 0 Å². The van der Waals surface area contributed by atoms with Gasteiger partial charge in [-0.15, -0.1) is 0 Å². The van der Waals surface area contributed by atoms with Gasteiger partial charge in [0.15, 0.2) is 0 Å². The van der Waals surface area contributed by atoms with E-state index in [1.54, 1.807) is 0 Å². The van der Waals surface area contributed by atoms with Crippen LogP contribution >= 0.6 is 0 Å². The van der Waals surface area contributed by atoms with Crippen molar-refractivity contribution in [2.75, 3.05) is 0 Å². The zero-order valence-corrected chi connectivity index (χ0v) is 7.54. The molecular formula is C8H13LiN2. The second-order valence-electron chi connectivity index (χ2n) is 3.48. The molecule has 2 heterocycles. The van der Waals surface area contributed by atoms with E-state index in [-0.39, 0.29) is 18.9 Å². The summed E-state index contributed by atoms with van der Waals surface area (Å²) in [4.78, 5) is 4.45. The van der Waals surface area contributed by atoms with Gasteiger partial charge in [0, 0.05) is 0 Å². The van der Waals surface area contributed by atoms with E-state index in [1.807, 2.05) is 0 Å². The minimum atomic E-state index is 0. The predicted octanol–water partition coefficient (Wildman–Crippen LogP) is -1.04. The first-order valence-corrected chi connectivity index (χ1v) is 4.04. The Balaban J connectivity index is 0.000000605. The van der Waals surface area contributed by atoms with Crippen molar-refractivity contribution in [3.63, 3.8) is 0 Å². The number of hydrogen-bond acceptors (Lipinski definition) is 1. The van der Waals surface area contributed by atoms with Crippen molar-refractivity contribution in [3.05, 3.63) is 5.32 Å². The molecule has 0 N–H and O–H groups in total. The zero-order chi connectivity index (χ0) is 7.14. The van der Waals surface area contributed by atoms with Crippen LogP contribution in [0.5, 0.6) is 0 Å². The molecule has 1 fully saturated rings. The number of fused-ring (bicyclic) bond motifs is 1.